The number of para-hydroxylation sites is 4. The number of anilines is 2. The maximum atomic E-state index is 13.3. The number of thioether (sulfide) groups is 2. The second-order valence-corrected chi connectivity index (χ2v) is 14.2. The first kappa shape index (κ1) is 37.4. The van der Waals surface area contributed by atoms with Gasteiger partial charge in [-0.1, -0.05) is 85.1 Å². The second kappa shape index (κ2) is 18.9. The summed E-state index contributed by atoms with van der Waals surface area (Å²) in [5.74, 6) is 0.509. The molecular weight excluding hydrogens is 689 g/mol. The normalized spacial score (nSPS) is 16.1. The molecule has 2 aliphatic rings. The van der Waals surface area contributed by atoms with Crippen molar-refractivity contribution in [2.75, 3.05) is 36.9 Å². The van der Waals surface area contributed by atoms with Crippen molar-refractivity contribution in [1.29, 1.82) is 0 Å². The quantitative estimate of drug-likeness (QED) is 0.0935. The van der Waals surface area contributed by atoms with Gasteiger partial charge in [0.2, 0.25) is 11.8 Å². The van der Waals surface area contributed by atoms with Gasteiger partial charge >= 0.3 is 0 Å². The fourth-order valence-corrected chi connectivity index (χ4v) is 7.82. The fraction of sp³-hybridized carbons (Fsp3) is 0.412. The molecule has 2 aliphatic heterocycles. The molecule has 2 aromatic rings. The molecule has 0 aliphatic carbocycles. The van der Waals surface area contributed by atoms with Gasteiger partial charge in [0.05, 0.1) is 34.4 Å². The molecule has 10 nitrogen and oxygen atoms in total. The van der Waals surface area contributed by atoms with Gasteiger partial charge in [-0.15, -0.1) is 0 Å². The lowest BCUT2D eigenvalue weighted by Gasteiger charge is -2.15. The maximum Gasteiger partial charge on any atom is 0.267 e. The largest absolute Gasteiger partial charge is 0.492 e. The van der Waals surface area contributed by atoms with Crippen molar-refractivity contribution < 1.29 is 28.7 Å². The third-order valence-corrected chi connectivity index (χ3v) is 10.4. The molecule has 14 heteroatoms. The van der Waals surface area contributed by atoms with Crippen LogP contribution in [0.1, 0.15) is 65.2 Å². The van der Waals surface area contributed by atoms with Gasteiger partial charge in [-0.25, -0.2) is 0 Å². The standard InChI is InChI=1S/C34H40N4O6S4/c1-3-43-25-17-11-9-15-23(25)35-27(39)19-7-5-13-21-37-31(41)29(47-33(37)45)30-32(42)38(34(46)48-30)22-14-6-8-20-28(40)36-24-16-10-12-18-26(24)44-4-2/h9-12,15-18H,3-8,13-14,19-22H2,1-2H3,(H,35,39)(H,36,40)/b30-29+. The zero-order chi connectivity index (χ0) is 34.5. The van der Waals surface area contributed by atoms with Gasteiger partial charge in [0, 0.05) is 25.9 Å². The minimum atomic E-state index is -0.285. The molecule has 4 amide bonds. The van der Waals surface area contributed by atoms with Crippen LogP contribution >= 0.6 is 48.0 Å². The number of carbonyl (C=O) groups is 4. The predicted molar refractivity (Wildman–Crippen MR) is 200 cm³/mol. The van der Waals surface area contributed by atoms with E-state index in [0.29, 0.717) is 106 Å². The fourth-order valence-electron chi connectivity index (χ4n) is 5.05. The number of nitrogens with one attached hydrogen (secondary N) is 2. The molecule has 0 aromatic heterocycles. The second-order valence-electron chi connectivity index (χ2n) is 10.9. The summed E-state index contributed by atoms with van der Waals surface area (Å²) in [6.07, 6.45) is 4.80. The van der Waals surface area contributed by atoms with Crippen LogP contribution in [-0.2, 0) is 19.2 Å². The molecule has 48 heavy (non-hydrogen) atoms. The predicted octanol–water partition coefficient (Wildman–Crippen LogP) is 7.11. The van der Waals surface area contributed by atoms with Crippen LogP contribution in [0.2, 0.25) is 0 Å². The van der Waals surface area contributed by atoms with Crippen molar-refractivity contribution in [2.24, 2.45) is 0 Å². The Hall–Kier alpha value is -3.46. The molecule has 0 spiro atoms. The number of rotatable bonds is 18. The molecular formula is C34H40N4O6S4. The van der Waals surface area contributed by atoms with E-state index in [1.54, 1.807) is 12.1 Å². The molecule has 2 saturated heterocycles. The Morgan fingerprint density at radius 2 is 1.04 bits per heavy atom. The smallest absolute Gasteiger partial charge is 0.267 e. The number of benzene rings is 2. The molecule has 0 atom stereocenters. The molecule has 2 aromatic carbocycles. The van der Waals surface area contributed by atoms with Crippen molar-refractivity contribution in [3.8, 4) is 11.5 Å². The lowest BCUT2D eigenvalue weighted by Crippen LogP contribution is -2.31. The van der Waals surface area contributed by atoms with Gasteiger partial charge in [0.15, 0.2) is 0 Å². The van der Waals surface area contributed by atoms with Crippen molar-refractivity contribution in [1.82, 2.24) is 9.80 Å². The first-order valence-corrected chi connectivity index (χ1v) is 18.5. The van der Waals surface area contributed by atoms with Crippen LogP contribution in [0, 0.1) is 0 Å². The number of ether oxygens (including phenoxy) is 2. The van der Waals surface area contributed by atoms with Crippen molar-refractivity contribution in [2.45, 2.75) is 65.2 Å². The zero-order valence-electron chi connectivity index (χ0n) is 27.1. The third kappa shape index (κ3) is 10.3. The Kier molecular flexibility index (Phi) is 14.7. The Labute approximate surface area is 300 Å². The van der Waals surface area contributed by atoms with E-state index < -0.39 is 0 Å². The molecule has 2 N–H and O–H groups in total. The SMILES string of the molecule is CCOc1ccccc1NC(=O)CCCCCN1C(=O)/C(=C2\SC(=S)N(CCCCCC(=O)Nc3ccccc3OCC)C2=O)SC1=S. The van der Waals surface area contributed by atoms with Gasteiger partial charge < -0.3 is 20.1 Å². The Bertz CT molecular complexity index is 1450. The van der Waals surface area contributed by atoms with E-state index in [1.807, 2.05) is 50.2 Å². The average Bonchev–Trinajstić information content (AvgIpc) is 3.51. The lowest BCUT2D eigenvalue weighted by molar-refractivity contribution is -0.124. The van der Waals surface area contributed by atoms with Crippen molar-refractivity contribution in [3.05, 3.63) is 58.3 Å². The van der Waals surface area contributed by atoms with Crippen molar-refractivity contribution >= 4 is 91.6 Å². The molecule has 0 bridgehead atoms. The van der Waals surface area contributed by atoms with Crippen LogP contribution in [-0.4, -0.2) is 68.4 Å². The monoisotopic (exact) mass is 728 g/mol. The van der Waals surface area contributed by atoms with Gasteiger partial charge in [-0.2, -0.15) is 0 Å². The van der Waals surface area contributed by atoms with Gasteiger partial charge in [0.25, 0.3) is 11.8 Å². The van der Waals surface area contributed by atoms with Crippen LogP contribution < -0.4 is 20.1 Å². The summed E-state index contributed by atoms with van der Waals surface area (Å²) in [6, 6.07) is 14.6. The number of unbranched alkanes of at least 4 members (excludes halogenated alkanes) is 4. The van der Waals surface area contributed by atoms with E-state index in [0.717, 1.165) is 36.4 Å². The van der Waals surface area contributed by atoms with Crippen molar-refractivity contribution in [3.63, 3.8) is 0 Å². The van der Waals surface area contributed by atoms with E-state index in [1.165, 1.54) is 9.80 Å². The average molecular weight is 729 g/mol. The summed E-state index contributed by atoms with van der Waals surface area (Å²) in [6.45, 7) is 5.62. The summed E-state index contributed by atoms with van der Waals surface area (Å²) in [5, 5.41) is 5.80. The first-order chi connectivity index (χ1) is 23.2. The number of thiocarbonyl (C=S) groups is 2. The lowest BCUT2D eigenvalue weighted by atomic mass is 10.1. The van der Waals surface area contributed by atoms with E-state index in [2.05, 4.69) is 10.6 Å². The van der Waals surface area contributed by atoms with Gasteiger partial charge in [-0.05, 0) is 63.8 Å². The summed E-state index contributed by atoms with van der Waals surface area (Å²) < 4.78 is 11.9. The highest BCUT2D eigenvalue weighted by molar-refractivity contribution is 8.29. The highest BCUT2D eigenvalue weighted by atomic mass is 32.2. The highest BCUT2D eigenvalue weighted by Crippen LogP contribution is 2.42. The Balaban J connectivity index is 1.17. The molecule has 2 fully saturated rings. The molecule has 2 heterocycles. The topological polar surface area (TPSA) is 117 Å². The highest BCUT2D eigenvalue weighted by Gasteiger charge is 2.41. The molecule has 4 rings (SSSR count). The number of carbonyl (C=O) groups excluding carboxylic acids is 4. The number of nitrogens with zero attached hydrogens (tertiary/aromatic N) is 2. The van der Waals surface area contributed by atoms with E-state index >= 15 is 0 Å². The van der Waals surface area contributed by atoms with Gasteiger partial charge in [0.1, 0.15) is 20.1 Å². The minimum Gasteiger partial charge on any atom is -0.492 e. The summed E-state index contributed by atoms with van der Waals surface area (Å²) >= 11 is 13.2. The summed E-state index contributed by atoms with van der Waals surface area (Å²) in [5.41, 5.74) is 1.29. The van der Waals surface area contributed by atoms with Gasteiger partial charge in [-0.3, -0.25) is 29.0 Å². The zero-order valence-corrected chi connectivity index (χ0v) is 30.3. The molecule has 0 radical (unpaired) electrons. The molecule has 0 saturated carbocycles. The number of hydrogen-bond acceptors (Lipinski definition) is 10. The van der Waals surface area contributed by atoms with E-state index in [-0.39, 0.29) is 23.6 Å². The number of hydrogen-bond donors (Lipinski definition) is 2. The minimum absolute atomic E-state index is 0.0974. The van der Waals surface area contributed by atoms with Crippen LogP contribution in [0.3, 0.4) is 0 Å². The molecule has 0 unspecified atom stereocenters. The molecule has 256 valence electrons. The van der Waals surface area contributed by atoms with Crippen LogP contribution in [0.25, 0.3) is 0 Å². The Morgan fingerprint density at radius 3 is 1.44 bits per heavy atom. The van der Waals surface area contributed by atoms with Crippen LogP contribution in [0.15, 0.2) is 58.3 Å². The van der Waals surface area contributed by atoms with E-state index in [9.17, 15) is 19.2 Å². The Morgan fingerprint density at radius 1 is 0.646 bits per heavy atom. The van der Waals surface area contributed by atoms with E-state index in [4.69, 9.17) is 33.9 Å². The number of amides is 4. The summed E-state index contributed by atoms with van der Waals surface area (Å²) in [7, 11) is 0. The maximum absolute atomic E-state index is 13.3. The first-order valence-electron chi connectivity index (χ1n) is 16.1. The third-order valence-electron chi connectivity index (χ3n) is 7.40. The van der Waals surface area contributed by atoms with Crippen LogP contribution in [0.4, 0.5) is 11.4 Å². The van der Waals surface area contributed by atoms with Crippen LogP contribution in [0.5, 0.6) is 11.5 Å². The summed E-state index contributed by atoms with van der Waals surface area (Å²) in [4.78, 5) is 55.2.